The molecule has 1 saturated heterocycles. The maximum Gasteiger partial charge on any atom is 0.416 e. The summed E-state index contributed by atoms with van der Waals surface area (Å²) in [5.74, 6) is -0.328. The lowest BCUT2D eigenvalue weighted by Crippen LogP contribution is -2.38. The minimum absolute atomic E-state index is 0.0106. The van der Waals surface area contributed by atoms with E-state index in [1.807, 2.05) is 0 Å². The van der Waals surface area contributed by atoms with Gasteiger partial charge in [0.25, 0.3) is 0 Å². The number of nitrogens with zero attached hydrogens (tertiary/aromatic N) is 1. The fourth-order valence-electron chi connectivity index (χ4n) is 2.61. The Bertz CT molecular complexity index is 510. The van der Waals surface area contributed by atoms with Crippen molar-refractivity contribution >= 4 is 5.91 Å². The smallest absolute Gasteiger partial charge is 0.376 e. The Balaban J connectivity index is 1.99. The highest BCUT2D eigenvalue weighted by molar-refractivity contribution is 5.79. The number of halogens is 3. The van der Waals surface area contributed by atoms with Crippen molar-refractivity contribution in [2.45, 2.75) is 38.0 Å². The number of likely N-dealkylation sites (N-methyl/N-ethyl adjacent to an activating group) is 1. The first-order valence-electron chi connectivity index (χ1n) is 7.38. The summed E-state index contributed by atoms with van der Waals surface area (Å²) in [7, 11) is 1.61. The fourth-order valence-corrected chi connectivity index (χ4v) is 2.61. The van der Waals surface area contributed by atoms with E-state index >= 15 is 0 Å². The SMILES string of the molecule is CN(C[C@@H]1CCCCO1)C(=O)Cc1ccccc1C(F)(F)F. The van der Waals surface area contributed by atoms with Crippen LogP contribution in [0.25, 0.3) is 0 Å². The van der Waals surface area contributed by atoms with Crippen molar-refractivity contribution in [3.05, 3.63) is 35.4 Å². The van der Waals surface area contributed by atoms with Crippen LogP contribution in [0.2, 0.25) is 0 Å². The zero-order valence-corrected chi connectivity index (χ0v) is 12.5. The van der Waals surface area contributed by atoms with Gasteiger partial charge in [-0.15, -0.1) is 0 Å². The maximum absolute atomic E-state index is 12.9. The van der Waals surface area contributed by atoms with Gasteiger partial charge in [-0.3, -0.25) is 4.79 Å². The second kappa shape index (κ2) is 7.13. The lowest BCUT2D eigenvalue weighted by molar-refractivity contribution is -0.138. The van der Waals surface area contributed by atoms with E-state index in [2.05, 4.69) is 0 Å². The van der Waals surface area contributed by atoms with Crippen LogP contribution in [0.4, 0.5) is 13.2 Å². The highest BCUT2D eigenvalue weighted by Crippen LogP contribution is 2.32. The Hall–Kier alpha value is -1.56. The fraction of sp³-hybridized carbons (Fsp3) is 0.562. The molecule has 0 radical (unpaired) electrons. The van der Waals surface area contributed by atoms with Gasteiger partial charge < -0.3 is 9.64 Å². The lowest BCUT2D eigenvalue weighted by Gasteiger charge is -2.27. The third-order valence-corrected chi connectivity index (χ3v) is 3.84. The summed E-state index contributed by atoms with van der Waals surface area (Å²) in [5, 5.41) is 0. The quantitative estimate of drug-likeness (QED) is 0.853. The molecule has 3 nitrogen and oxygen atoms in total. The summed E-state index contributed by atoms with van der Waals surface area (Å²) in [6, 6.07) is 5.21. The molecule has 1 fully saturated rings. The first-order chi connectivity index (χ1) is 10.4. The highest BCUT2D eigenvalue weighted by Gasteiger charge is 2.33. The van der Waals surface area contributed by atoms with Gasteiger partial charge in [-0.2, -0.15) is 13.2 Å². The number of hydrogen-bond donors (Lipinski definition) is 0. The topological polar surface area (TPSA) is 29.5 Å². The average Bonchev–Trinajstić information content (AvgIpc) is 2.47. The highest BCUT2D eigenvalue weighted by atomic mass is 19.4. The van der Waals surface area contributed by atoms with Crippen molar-refractivity contribution in [1.82, 2.24) is 4.90 Å². The molecule has 1 aliphatic heterocycles. The second-order valence-electron chi connectivity index (χ2n) is 5.59. The van der Waals surface area contributed by atoms with Gasteiger partial charge >= 0.3 is 6.18 Å². The van der Waals surface area contributed by atoms with Gasteiger partial charge in [0.05, 0.1) is 18.1 Å². The Kier molecular flexibility index (Phi) is 5.45. The summed E-state index contributed by atoms with van der Waals surface area (Å²) in [6.45, 7) is 1.11. The molecule has 2 rings (SSSR count). The number of carbonyl (C=O) groups is 1. The number of hydrogen-bond acceptors (Lipinski definition) is 2. The first kappa shape index (κ1) is 16.8. The molecule has 0 aliphatic carbocycles. The van der Waals surface area contributed by atoms with E-state index in [-0.39, 0.29) is 24.0 Å². The van der Waals surface area contributed by atoms with Gasteiger partial charge in [-0.1, -0.05) is 18.2 Å². The van der Waals surface area contributed by atoms with Crippen LogP contribution >= 0.6 is 0 Å². The molecule has 0 N–H and O–H groups in total. The Labute approximate surface area is 128 Å². The third-order valence-electron chi connectivity index (χ3n) is 3.84. The van der Waals surface area contributed by atoms with Gasteiger partial charge in [-0.05, 0) is 30.9 Å². The number of ether oxygens (including phenoxy) is 1. The van der Waals surface area contributed by atoms with Gasteiger partial charge in [0, 0.05) is 20.2 Å². The number of amides is 1. The molecule has 1 aromatic carbocycles. The summed E-state index contributed by atoms with van der Waals surface area (Å²) in [5.41, 5.74) is -0.734. The van der Waals surface area contributed by atoms with Gasteiger partial charge in [0.2, 0.25) is 5.91 Å². The molecular weight excluding hydrogens is 295 g/mol. The van der Waals surface area contributed by atoms with Crippen LogP contribution in [0, 0.1) is 0 Å². The van der Waals surface area contributed by atoms with E-state index in [4.69, 9.17) is 4.74 Å². The molecule has 122 valence electrons. The molecular formula is C16H20F3NO2. The van der Waals surface area contributed by atoms with Crippen LogP contribution < -0.4 is 0 Å². The van der Waals surface area contributed by atoms with Crippen LogP contribution in [0.5, 0.6) is 0 Å². The number of alkyl halides is 3. The minimum Gasteiger partial charge on any atom is -0.376 e. The number of carbonyl (C=O) groups excluding carboxylic acids is 1. The second-order valence-corrected chi connectivity index (χ2v) is 5.59. The molecule has 0 aromatic heterocycles. The van der Waals surface area contributed by atoms with E-state index < -0.39 is 11.7 Å². The van der Waals surface area contributed by atoms with Crippen LogP contribution in [0.15, 0.2) is 24.3 Å². The Morgan fingerprint density at radius 1 is 1.32 bits per heavy atom. The van der Waals surface area contributed by atoms with E-state index in [9.17, 15) is 18.0 Å². The van der Waals surface area contributed by atoms with E-state index in [1.54, 1.807) is 7.05 Å². The molecule has 0 bridgehead atoms. The molecule has 1 amide bonds. The largest absolute Gasteiger partial charge is 0.416 e. The van der Waals surface area contributed by atoms with E-state index in [1.165, 1.54) is 23.1 Å². The molecule has 0 spiro atoms. The predicted molar refractivity (Wildman–Crippen MR) is 76.4 cm³/mol. The van der Waals surface area contributed by atoms with Gasteiger partial charge in [0.1, 0.15) is 0 Å². The normalized spacial score (nSPS) is 19.0. The van der Waals surface area contributed by atoms with Gasteiger partial charge in [-0.25, -0.2) is 0 Å². The monoisotopic (exact) mass is 315 g/mol. The van der Waals surface area contributed by atoms with E-state index in [0.29, 0.717) is 13.2 Å². The van der Waals surface area contributed by atoms with Crippen molar-refractivity contribution in [2.75, 3.05) is 20.2 Å². The zero-order valence-electron chi connectivity index (χ0n) is 12.5. The Morgan fingerprint density at radius 2 is 2.05 bits per heavy atom. The predicted octanol–water partition coefficient (Wildman–Crippen LogP) is 3.28. The Morgan fingerprint density at radius 3 is 2.68 bits per heavy atom. The van der Waals surface area contributed by atoms with Gasteiger partial charge in [0.15, 0.2) is 0 Å². The first-order valence-corrected chi connectivity index (χ1v) is 7.38. The summed E-state index contributed by atoms with van der Waals surface area (Å²) < 4.78 is 44.3. The van der Waals surface area contributed by atoms with Crippen LogP contribution in [0.1, 0.15) is 30.4 Å². The van der Waals surface area contributed by atoms with Crippen molar-refractivity contribution in [3.63, 3.8) is 0 Å². The minimum atomic E-state index is -4.44. The summed E-state index contributed by atoms with van der Waals surface area (Å²) >= 11 is 0. The maximum atomic E-state index is 12.9. The zero-order chi connectivity index (χ0) is 16.2. The van der Waals surface area contributed by atoms with E-state index in [0.717, 1.165) is 25.3 Å². The van der Waals surface area contributed by atoms with Crippen LogP contribution in [-0.4, -0.2) is 37.1 Å². The number of benzene rings is 1. The number of rotatable bonds is 4. The molecule has 1 atom stereocenters. The molecule has 0 saturated carbocycles. The summed E-state index contributed by atoms with van der Waals surface area (Å²) in [6.07, 6.45) is -1.74. The van der Waals surface area contributed by atoms with Crippen molar-refractivity contribution in [3.8, 4) is 0 Å². The molecule has 1 aliphatic rings. The molecule has 1 aromatic rings. The lowest BCUT2D eigenvalue weighted by atomic mass is 10.0. The van der Waals surface area contributed by atoms with Crippen LogP contribution in [0.3, 0.4) is 0 Å². The average molecular weight is 315 g/mol. The standard InChI is InChI=1S/C16H20F3NO2/c1-20(11-13-7-4-5-9-22-13)15(21)10-12-6-2-3-8-14(12)16(17,18)19/h2-3,6,8,13H,4-5,7,9-11H2,1H3/t13-/m0/s1. The molecule has 6 heteroatoms. The van der Waals surface area contributed by atoms with Crippen LogP contribution in [-0.2, 0) is 22.1 Å². The molecule has 1 heterocycles. The van der Waals surface area contributed by atoms with Crippen molar-refractivity contribution in [1.29, 1.82) is 0 Å². The molecule has 0 unspecified atom stereocenters. The van der Waals surface area contributed by atoms with Crippen molar-refractivity contribution < 1.29 is 22.7 Å². The van der Waals surface area contributed by atoms with Crippen molar-refractivity contribution in [2.24, 2.45) is 0 Å². The molecule has 22 heavy (non-hydrogen) atoms. The third kappa shape index (κ3) is 4.47. The summed E-state index contributed by atoms with van der Waals surface area (Å²) in [4.78, 5) is 13.6.